The van der Waals surface area contributed by atoms with Gasteiger partial charge in [-0.15, -0.1) is 0 Å². The third kappa shape index (κ3) is 6.00. The molecule has 1 aromatic carbocycles. The average Bonchev–Trinajstić information content (AvgIpc) is 2.64. The Balaban J connectivity index is 2.05. The van der Waals surface area contributed by atoms with Crippen molar-refractivity contribution < 1.29 is 14.3 Å². The van der Waals surface area contributed by atoms with E-state index in [1.54, 1.807) is 36.1 Å². The van der Waals surface area contributed by atoms with Gasteiger partial charge < -0.3 is 20.3 Å². The number of hydrogen-bond donors (Lipinski definition) is 2. The van der Waals surface area contributed by atoms with Crippen LogP contribution in [0.2, 0.25) is 5.02 Å². The number of carbonyl (C=O) groups is 2. The number of hydrogen-bond acceptors (Lipinski definition) is 4. The summed E-state index contributed by atoms with van der Waals surface area (Å²) < 4.78 is 5.01. The van der Waals surface area contributed by atoms with Crippen LogP contribution in [0.1, 0.15) is 26.2 Å². The van der Waals surface area contributed by atoms with Crippen molar-refractivity contribution in [2.45, 2.75) is 26.2 Å². The number of esters is 1. The molecule has 8 heteroatoms. The van der Waals surface area contributed by atoms with E-state index in [2.05, 4.69) is 10.6 Å². The topological polar surface area (TPSA) is 70.7 Å². The van der Waals surface area contributed by atoms with Gasteiger partial charge in [0.1, 0.15) is 5.57 Å². The number of carbonyl (C=O) groups excluding carboxylic acids is 2. The predicted molar refractivity (Wildman–Crippen MR) is 106 cm³/mol. The van der Waals surface area contributed by atoms with Crippen LogP contribution in [0.5, 0.6) is 0 Å². The summed E-state index contributed by atoms with van der Waals surface area (Å²) in [4.78, 5) is 26.5. The molecule has 2 N–H and O–H groups in total. The van der Waals surface area contributed by atoms with Gasteiger partial charge in [-0.2, -0.15) is 0 Å². The van der Waals surface area contributed by atoms with E-state index in [1.807, 2.05) is 0 Å². The Morgan fingerprint density at radius 2 is 1.88 bits per heavy atom. The molecular weight excluding hydrogens is 374 g/mol. The van der Waals surface area contributed by atoms with Crippen molar-refractivity contribution in [1.82, 2.24) is 10.2 Å². The number of benzene rings is 1. The average molecular weight is 396 g/mol. The van der Waals surface area contributed by atoms with Gasteiger partial charge >= 0.3 is 5.97 Å². The molecule has 2 rings (SSSR count). The van der Waals surface area contributed by atoms with Gasteiger partial charge in [0.2, 0.25) is 0 Å². The van der Waals surface area contributed by atoms with E-state index < -0.39 is 5.97 Å². The van der Waals surface area contributed by atoms with Crippen LogP contribution in [-0.4, -0.2) is 41.6 Å². The van der Waals surface area contributed by atoms with Crippen LogP contribution < -0.4 is 10.6 Å². The maximum absolute atomic E-state index is 12.7. The van der Waals surface area contributed by atoms with Gasteiger partial charge in [0.15, 0.2) is 5.11 Å². The van der Waals surface area contributed by atoms with E-state index in [0.29, 0.717) is 18.1 Å². The third-order valence-electron chi connectivity index (χ3n) is 3.82. The quantitative estimate of drug-likeness (QED) is 0.262. The Labute approximate surface area is 163 Å². The Kier molecular flexibility index (Phi) is 7.87. The molecule has 0 saturated carbocycles. The predicted octanol–water partition coefficient (Wildman–Crippen LogP) is 3.09. The van der Waals surface area contributed by atoms with Gasteiger partial charge in [0.25, 0.3) is 5.91 Å². The minimum atomic E-state index is -0.662. The monoisotopic (exact) mass is 395 g/mol. The van der Waals surface area contributed by atoms with Crippen molar-refractivity contribution in [3.63, 3.8) is 0 Å². The summed E-state index contributed by atoms with van der Waals surface area (Å²) in [5.41, 5.74) is 0.675. The van der Waals surface area contributed by atoms with Crippen LogP contribution in [0.3, 0.4) is 0 Å². The van der Waals surface area contributed by atoms with Crippen molar-refractivity contribution in [2.24, 2.45) is 0 Å². The second-order valence-corrected chi connectivity index (χ2v) is 6.58. The highest BCUT2D eigenvalue weighted by Crippen LogP contribution is 2.14. The Hall–Kier alpha value is -2.12. The molecule has 26 heavy (non-hydrogen) atoms. The molecule has 0 atom stereocenters. The minimum absolute atomic E-state index is 0.0611. The molecule has 6 nitrogen and oxygen atoms in total. The van der Waals surface area contributed by atoms with Gasteiger partial charge in [0, 0.05) is 30.0 Å². The summed E-state index contributed by atoms with van der Waals surface area (Å²) in [6.45, 7) is 3.17. The fourth-order valence-electron chi connectivity index (χ4n) is 2.52. The van der Waals surface area contributed by atoms with Gasteiger partial charge in [-0.3, -0.25) is 4.79 Å². The van der Waals surface area contributed by atoms with Gasteiger partial charge in [-0.25, -0.2) is 4.79 Å². The van der Waals surface area contributed by atoms with Gasteiger partial charge in [0.05, 0.1) is 6.61 Å². The molecule has 140 valence electrons. The van der Waals surface area contributed by atoms with Crippen LogP contribution >= 0.6 is 23.8 Å². The summed E-state index contributed by atoms with van der Waals surface area (Å²) in [5, 5.41) is 6.60. The first-order valence-corrected chi connectivity index (χ1v) is 9.29. The molecule has 1 aliphatic rings. The SMILES string of the molecule is CCOC(=O)/C(=C\NC(=S)Nc1ccc(Cl)cc1)C(=O)N1CCCCC1. The number of piperidine rings is 1. The fraction of sp³-hybridized carbons (Fsp3) is 0.389. The number of nitrogens with zero attached hydrogens (tertiary/aromatic N) is 1. The second-order valence-electron chi connectivity index (χ2n) is 5.74. The molecule has 0 aromatic heterocycles. The van der Waals surface area contributed by atoms with E-state index in [-0.39, 0.29) is 23.2 Å². The molecule has 1 saturated heterocycles. The van der Waals surface area contributed by atoms with E-state index >= 15 is 0 Å². The molecule has 0 bridgehead atoms. The molecule has 0 aliphatic carbocycles. The van der Waals surface area contributed by atoms with E-state index in [1.165, 1.54) is 6.20 Å². The van der Waals surface area contributed by atoms with Crippen molar-refractivity contribution in [1.29, 1.82) is 0 Å². The molecule has 1 heterocycles. The highest BCUT2D eigenvalue weighted by Gasteiger charge is 2.26. The molecule has 1 amide bonds. The Morgan fingerprint density at radius 1 is 1.23 bits per heavy atom. The van der Waals surface area contributed by atoms with Gasteiger partial charge in [-0.1, -0.05) is 11.6 Å². The maximum atomic E-state index is 12.7. The largest absolute Gasteiger partial charge is 0.462 e. The summed E-state index contributed by atoms with van der Waals surface area (Å²) in [7, 11) is 0. The standard InChI is InChI=1S/C18H22ClN3O3S/c1-2-25-17(24)15(16(23)22-10-4-3-5-11-22)12-20-18(26)21-14-8-6-13(19)7-9-14/h6-9,12H,2-5,10-11H2,1H3,(H2,20,21,26)/b15-12-. The number of likely N-dealkylation sites (tertiary alicyclic amines) is 1. The number of nitrogens with one attached hydrogen (secondary N) is 2. The third-order valence-corrected chi connectivity index (χ3v) is 4.29. The number of halogens is 1. The van der Waals surface area contributed by atoms with Crippen LogP contribution in [-0.2, 0) is 14.3 Å². The fourth-order valence-corrected chi connectivity index (χ4v) is 2.83. The van der Waals surface area contributed by atoms with Crippen molar-refractivity contribution in [3.05, 3.63) is 41.1 Å². The van der Waals surface area contributed by atoms with E-state index in [9.17, 15) is 9.59 Å². The van der Waals surface area contributed by atoms with Crippen molar-refractivity contribution >= 4 is 46.5 Å². The zero-order chi connectivity index (χ0) is 18.9. The highest BCUT2D eigenvalue weighted by atomic mass is 35.5. The lowest BCUT2D eigenvalue weighted by molar-refractivity contribution is -0.142. The number of rotatable bonds is 5. The van der Waals surface area contributed by atoms with E-state index in [4.69, 9.17) is 28.6 Å². The lowest BCUT2D eigenvalue weighted by Gasteiger charge is -2.27. The van der Waals surface area contributed by atoms with Gasteiger partial charge in [-0.05, 0) is 62.7 Å². The summed E-state index contributed by atoms with van der Waals surface area (Å²) in [6, 6.07) is 6.99. The molecule has 1 aromatic rings. The summed E-state index contributed by atoms with van der Waals surface area (Å²) >= 11 is 11.0. The normalized spacial score (nSPS) is 14.5. The van der Waals surface area contributed by atoms with Crippen LogP contribution in [0.25, 0.3) is 0 Å². The second kappa shape index (κ2) is 10.1. The lowest BCUT2D eigenvalue weighted by Crippen LogP contribution is -2.39. The number of anilines is 1. The first kappa shape index (κ1) is 20.2. The van der Waals surface area contributed by atoms with Crippen molar-refractivity contribution in [3.8, 4) is 0 Å². The van der Waals surface area contributed by atoms with Crippen LogP contribution in [0.4, 0.5) is 5.69 Å². The summed E-state index contributed by atoms with van der Waals surface area (Å²) in [5.74, 6) is -1.00. The van der Waals surface area contributed by atoms with Crippen LogP contribution in [0, 0.1) is 0 Å². The Morgan fingerprint density at radius 3 is 2.50 bits per heavy atom. The lowest BCUT2D eigenvalue weighted by atomic mass is 10.1. The number of ether oxygens (including phenoxy) is 1. The molecule has 0 unspecified atom stereocenters. The first-order chi connectivity index (χ1) is 12.5. The molecule has 1 aliphatic heterocycles. The number of amides is 1. The molecule has 1 fully saturated rings. The van der Waals surface area contributed by atoms with E-state index in [0.717, 1.165) is 24.9 Å². The van der Waals surface area contributed by atoms with Crippen LogP contribution in [0.15, 0.2) is 36.0 Å². The van der Waals surface area contributed by atoms with Crippen molar-refractivity contribution in [2.75, 3.05) is 25.0 Å². The smallest absolute Gasteiger partial charge is 0.345 e. The zero-order valence-corrected chi connectivity index (χ0v) is 16.2. The maximum Gasteiger partial charge on any atom is 0.345 e. The zero-order valence-electron chi connectivity index (χ0n) is 14.6. The minimum Gasteiger partial charge on any atom is -0.462 e. The summed E-state index contributed by atoms with van der Waals surface area (Å²) in [6.07, 6.45) is 4.27. The molecule has 0 radical (unpaired) electrons. The number of thiocarbonyl (C=S) groups is 1. The first-order valence-electron chi connectivity index (χ1n) is 8.51. The highest BCUT2D eigenvalue weighted by molar-refractivity contribution is 7.80. The molecule has 0 spiro atoms. The Bertz CT molecular complexity index is 685. The molecular formula is C18H22ClN3O3S.